The van der Waals surface area contributed by atoms with E-state index in [1.54, 1.807) is 6.92 Å². The molecule has 2 aromatic carbocycles. The van der Waals surface area contributed by atoms with E-state index >= 15 is 0 Å². The van der Waals surface area contributed by atoms with Gasteiger partial charge in [0.2, 0.25) is 10.0 Å². The van der Waals surface area contributed by atoms with Crippen LogP contribution in [0.3, 0.4) is 0 Å². The van der Waals surface area contributed by atoms with Crippen molar-refractivity contribution in [2.75, 3.05) is 39.3 Å². The zero-order valence-corrected chi connectivity index (χ0v) is 22.6. The molecule has 0 aliphatic carbocycles. The number of nitrogens with zero attached hydrogens (tertiary/aromatic N) is 4. The monoisotopic (exact) mass is 538 g/mol. The number of sulfonamides is 1. The van der Waals surface area contributed by atoms with Crippen LogP contribution >= 0.6 is 0 Å². The molecule has 7 nitrogen and oxygen atoms in total. The van der Waals surface area contributed by atoms with Gasteiger partial charge in [0.05, 0.1) is 4.90 Å². The van der Waals surface area contributed by atoms with Crippen LogP contribution in [0.25, 0.3) is 0 Å². The minimum Gasteiger partial charge on any atom is -0.490 e. The lowest BCUT2D eigenvalue weighted by Gasteiger charge is -2.34. The fourth-order valence-electron chi connectivity index (χ4n) is 5.20. The van der Waals surface area contributed by atoms with Gasteiger partial charge in [0.15, 0.2) is 0 Å². The van der Waals surface area contributed by atoms with Crippen LogP contribution in [-0.2, 0) is 23.1 Å². The normalized spacial score (nSPS) is 18.5. The van der Waals surface area contributed by atoms with Crippen molar-refractivity contribution in [3.8, 4) is 5.75 Å². The van der Waals surface area contributed by atoms with Gasteiger partial charge in [-0.25, -0.2) is 12.8 Å². The topological polar surface area (TPSA) is 66.0 Å². The second-order valence-electron chi connectivity index (χ2n) is 10.2. The molecule has 0 unspecified atom stereocenters. The molecule has 2 fully saturated rings. The number of hydrogen-bond acceptors (Lipinski definition) is 6. The van der Waals surface area contributed by atoms with Crippen LogP contribution in [0.4, 0.5) is 4.39 Å². The summed E-state index contributed by atoms with van der Waals surface area (Å²) in [6.07, 6.45) is 4.88. The van der Waals surface area contributed by atoms with Crippen LogP contribution < -0.4 is 4.74 Å². The first-order valence-electron chi connectivity index (χ1n) is 13.2. The van der Waals surface area contributed by atoms with Crippen molar-refractivity contribution in [1.29, 1.82) is 0 Å². The van der Waals surface area contributed by atoms with E-state index in [0.717, 1.165) is 51.1 Å². The minimum atomic E-state index is -3.73. The number of hydrogen-bond donors (Lipinski definition) is 0. The number of benzene rings is 2. The molecule has 0 atom stereocenters. The molecule has 0 radical (unpaired) electrons. The van der Waals surface area contributed by atoms with E-state index in [4.69, 9.17) is 4.74 Å². The molecule has 0 bridgehead atoms. The summed E-state index contributed by atoms with van der Waals surface area (Å²) in [5.41, 5.74) is 3.01. The molecule has 38 heavy (non-hydrogen) atoms. The number of rotatable bonds is 8. The minimum absolute atomic E-state index is 0.0440. The van der Waals surface area contributed by atoms with Crippen molar-refractivity contribution in [2.24, 2.45) is 0 Å². The number of halogens is 1. The summed E-state index contributed by atoms with van der Waals surface area (Å²) >= 11 is 0. The van der Waals surface area contributed by atoms with Crippen molar-refractivity contribution in [2.45, 2.75) is 43.9 Å². The second kappa shape index (κ2) is 11.9. The number of piperazine rings is 1. The van der Waals surface area contributed by atoms with Gasteiger partial charge in [0, 0.05) is 64.8 Å². The van der Waals surface area contributed by atoms with E-state index in [2.05, 4.69) is 33.0 Å². The maximum atomic E-state index is 13.7. The summed E-state index contributed by atoms with van der Waals surface area (Å²) in [4.78, 5) is 9.19. The van der Waals surface area contributed by atoms with Gasteiger partial charge in [-0.05, 0) is 66.8 Å². The maximum Gasteiger partial charge on any atom is 0.243 e. The highest BCUT2D eigenvalue weighted by atomic mass is 32.2. The molecule has 2 saturated heterocycles. The summed E-state index contributed by atoms with van der Waals surface area (Å²) in [6.45, 7) is 8.31. The molecule has 5 rings (SSSR count). The molecule has 2 aliphatic rings. The van der Waals surface area contributed by atoms with Crippen molar-refractivity contribution < 1.29 is 17.5 Å². The maximum absolute atomic E-state index is 13.7. The van der Waals surface area contributed by atoms with Crippen molar-refractivity contribution in [1.82, 2.24) is 19.1 Å². The average Bonchev–Trinajstić information content (AvgIpc) is 2.92. The van der Waals surface area contributed by atoms with Crippen molar-refractivity contribution >= 4 is 10.0 Å². The van der Waals surface area contributed by atoms with E-state index in [1.807, 2.05) is 30.6 Å². The third kappa shape index (κ3) is 6.58. The third-order valence-electron chi connectivity index (χ3n) is 7.37. The fourth-order valence-corrected chi connectivity index (χ4v) is 6.91. The van der Waals surface area contributed by atoms with E-state index in [0.29, 0.717) is 31.5 Å². The number of ether oxygens (including phenoxy) is 1. The van der Waals surface area contributed by atoms with Crippen LogP contribution in [-0.4, -0.2) is 72.9 Å². The second-order valence-corrected chi connectivity index (χ2v) is 12.1. The Morgan fingerprint density at radius 1 is 0.895 bits per heavy atom. The van der Waals surface area contributed by atoms with Gasteiger partial charge in [-0.15, -0.1) is 0 Å². The Morgan fingerprint density at radius 3 is 2.26 bits per heavy atom. The average molecular weight is 539 g/mol. The van der Waals surface area contributed by atoms with Crippen LogP contribution in [0.15, 0.2) is 71.9 Å². The number of pyridine rings is 1. The Balaban J connectivity index is 1.11. The van der Waals surface area contributed by atoms with Gasteiger partial charge in [0.1, 0.15) is 17.7 Å². The lowest BCUT2D eigenvalue weighted by Crippen LogP contribution is -2.45. The van der Waals surface area contributed by atoms with Gasteiger partial charge in [-0.1, -0.05) is 24.3 Å². The Labute approximate surface area is 224 Å². The Hall–Kier alpha value is -2.85. The SMILES string of the molecule is Cc1ccc(F)cc1S(=O)(=O)N1CCC(Oc2cccc(CN3CCN(Cc4cccnc4)CC3)c2)CC1. The van der Waals surface area contributed by atoms with Crippen LogP contribution in [0.2, 0.25) is 0 Å². The zero-order valence-electron chi connectivity index (χ0n) is 21.8. The number of aryl methyl sites for hydroxylation is 1. The molecule has 202 valence electrons. The Morgan fingerprint density at radius 2 is 1.58 bits per heavy atom. The molecule has 0 saturated carbocycles. The lowest BCUT2D eigenvalue weighted by molar-refractivity contribution is 0.121. The molecular weight excluding hydrogens is 503 g/mol. The van der Waals surface area contributed by atoms with Crippen molar-refractivity contribution in [3.05, 3.63) is 89.5 Å². The molecule has 9 heteroatoms. The van der Waals surface area contributed by atoms with Gasteiger partial charge in [-0.2, -0.15) is 4.31 Å². The molecule has 0 amide bonds. The first-order chi connectivity index (χ1) is 18.4. The highest BCUT2D eigenvalue weighted by molar-refractivity contribution is 7.89. The molecule has 0 spiro atoms. The molecule has 0 N–H and O–H groups in total. The first kappa shape index (κ1) is 26.7. The van der Waals surface area contributed by atoms with Gasteiger partial charge in [-0.3, -0.25) is 14.8 Å². The van der Waals surface area contributed by atoms with Crippen LogP contribution in [0.5, 0.6) is 5.75 Å². The largest absolute Gasteiger partial charge is 0.490 e. The fraction of sp³-hybridized carbons (Fsp3) is 0.414. The Bertz CT molecular complexity index is 1320. The third-order valence-corrected chi connectivity index (χ3v) is 9.41. The lowest BCUT2D eigenvalue weighted by atomic mass is 10.1. The highest BCUT2D eigenvalue weighted by Gasteiger charge is 2.31. The molecular formula is C29H35FN4O3S. The summed E-state index contributed by atoms with van der Waals surface area (Å²) in [5.74, 6) is 0.277. The quantitative estimate of drug-likeness (QED) is 0.431. The van der Waals surface area contributed by atoms with E-state index in [9.17, 15) is 12.8 Å². The number of aromatic nitrogens is 1. The molecule has 2 aliphatic heterocycles. The summed E-state index contributed by atoms with van der Waals surface area (Å²) < 4.78 is 47.6. The molecule has 1 aromatic heterocycles. The molecule has 3 aromatic rings. The Kier molecular flexibility index (Phi) is 8.38. The van der Waals surface area contributed by atoms with E-state index < -0.39 is 15.8 Å². The smallest absolute Gasteiger partial charge is 0.243 e. The number of piperidine rings is 1. The summed E-state index contributed by atoms with van der Waals surface area (Å²) in [5, 5.41) is 0. The van der Waals surface area contributed by atoms with Gasteiger partial charge >= 0.3 is 0 Å². The van der Waals surface area contributed by atoms with E-state index in [1.165, 1.54) is 27.6 Å². The van der Waals surface area contributed by atoms with Gasteiger partial charge in [0.25, 0.3) is 0 Å². The predicted molar refractivity (Wildman–Crippen MR) is 145 cm³/mol. The summed E-state index contributed by atoms with van der Waals surface area (Å²) in [7, 11) is -3.73. The zero-order chi connectivity index (χ0) is 26.5. The summed E-state index contributed by atoms with van der Waals surface area (Å²) in [6, 6.07) is 16.2. The van der Waals surface area contributed by atoms with Crippen molar-refractivity contribution in [3.63, 3.8) is 0 Å². The molecule has 3 heterocycles. The van der Waals surface area contributed by atoms with Crippen LogP contribution in [0, 0.1) is 12.7 Å². The first-order valence-corrected chi connectivity index (χ1v) is 14.7. The van der Waals surface area contributed by atoms with E-state index in [-0.39, 0.29) is 11.0 Å². The van der Waals surface area contributed by atoms with Gasteiger partial charge < -0.3 is 4.74 Å². The highest BCUT2D eigenvalue weighted by Crippen LogP contribution is 2.26. The predicted octanol–water partition coefficient (Wildman–Crippen LogP) is 4.08. The standard InChI is InChI=1S/C29H35FN4O3S/c1-23-7-8-26(30)19-29(23)38(35,36)34-12-9-27(10-13-34)37-28-6-2-4-24(18-28)21-32-14-16-33(17-15-32)22-25-5-3-11-31-20-25/h2-8,11,18-20,27H,9-10,12-17,21-22H2,1H3. The van der Waals surface area contributed by atoms with Crippen LogP contribution in [0.1, 0.15) is 29.5 Å².